The van der Waals surface area contributed by atoms with Gasteiger partial charge in [0.2, 0.25) is 0 Å². The minimum Gasteiger partial charge on any atom is -0.357 e. The smallest absolute Gasteiger partial charge is 0.147 e. The zero-order chi connectivity index (χ0) is 12.6. The van der Waals surface area contributed by atoms with Crippen molar-refractivity contribution >= 4 is 54.7 Å². The molecular formula is C10H20AuN2S4. The van der Waals surface area contributed by atoms with E-state index in [-0.39, 0.29) is 22.4 Å². The molecule has 105 valence electrons. The van der Waals surface area contributed by atoms with Gasteiger partial charge in [-0.3, -0.25) is 0 Å². The Morgan fingerprint density at radius 3 is 1.18 bits per heavy atom. The Labute approximate surface area is 140 Å². The zero-order valence-electron chi connectivity index (χ0n) is 10.7. The Balaban J connectivity index is 0. The van der Waals surface area contributed by atoms with Crippen molar-refractivity contribution in [2.75, 3.05) is 26.2 Å². The second kappa shape index (κ2) is 12.3. The molecule has 0 aliphatic carbocycles. The van der Waals surface area contributed by atoms with Gasteiger partial charge < -0.3 is 9.80 Å². The van der Waals surface area contributed by atoms with Crippen LogP contribution in [0.5, 0.6) is 0 Å². The third-order valence-corrected chi connectivity index (χ3v) is 5.96. The molecule has 17 heavy (non-hydrogen) atoms. The molecule has 0 atom stereocenters. The van der Waals surface area contributed by atoms with E-state index in [1.807, 2.05) is 0 Å². The van der Waals surface area contributed by atoms with Gasteiger partial charge in [0.1, 0.15) is 8.64 Å². The summed E-state index contributed by atoms with van der Waals surface area (Å²) in [6, 6.07) is 0. The maximum absolute atomic E-state index is 5.34. The van der Waals surface area contributed by atoms with E-state index in [0.717, 1.165) is 34.8 Å². The second-order valence-electron chi connectivity index (χ2n) is 3.04. The van der Waals surface area contributed by atoms with Crippen LogP contribution in [0.1, 0.15) is 27.7 Å². The molecule has 7 heteroatoms. The Morgan fingerprint density at radius 2 is 1.00 bits per heavy atom. The van der Waals surface area contributed by atoms with Gasteiger partial charge in [-0.05, 0) is 49.3 Å². The third-order valence-electron chi connectivity index (χ3n) is 2.23. The Bertz CT molecular complexity index is 206. The minimum absolute atomic E-state index is 0. The quantitative estimate of drug-likeness (QED) is 0.333. The molecule has 0 aromatic rings. The summed E-state index contributed by atoms with van der Waals surface area (Å²) < 4.78 is 1.84. The van der Waals surface area contributed by atoms with Crippen LogP contribution < -0.4 is 0 Å². The Hall–Kier alpha value is 1.22. The topological polar surface area (TPSA) is 6.48 Å². The summed E-state index contributed by atoms with van der Waals surface area (Å²) in [4.78, 5) is 4.33. The van der Waals surface area contributed by atoms with Crippen LogP contribution in [0.4, 0.5) is 0 Å². The molecule has 0 bridgehead atoms. The van der Waals surface area contributed by atoms with Crippen LogP contribution in [0.3, 0.4) is 0 Å². The summed E-state index contributed by atoms with van der Waals surface area (Å²) in [5.41, 5.74) is 0. The SMILES string of the molecule is CCN(CC)C(=S)SSC(=S)N(CC)CC.[Au]. The molecule has 0 aliphatic rings. The average molecular weight is 494 g/mol. The van der Waals surface area contributed by atoms with Gasteiger partial charge in [0.15, 0.2) is 0 Å². The molecule has 0 spiro atoms. The van der Waals surface area contributed by atoms with Crippen molar-refractivity contribution in [3.05, 3.63) is 0 Å². The maximum Gasteiger partial charge on any atom is 0.147 e. The summed E-state index contributed by atoms with van der Waals surface area (Å²) >= 11 is 10.7. The first-order valence-electron chi connectivity index (χ1n) is 5.52. The van der Waals surface area contributed by atoms with Crippen molar-refractivity contribution in [3.8, 4) is 0 Å². The van der Waals surface area contributed by atoms with Crippen LogP contribution in [-0.2, 0) is 22.4 Å². The molecular weight excluding hydrogens is 473 g/mol. The number of nitrogens with zero attached hydrogens (tertiary/aromatic N) is 2. The van der Waals surface area contributed by atoms with Gasteiger partial charge in [-0.2, -0.15) is 0 Å². The van der Waals surface area contributed by atoms with Gasteiger partial charge in [0, 0.05) is 48.6 Å². The minimum atomic E-state index is 0. The van der Waals surface area contributed by atoms with Crippen LogP contribution in [0, 0.1) is 0 Å². The largest absolute Gasteiger partial charge is 0.357 e. The van der Waals surface area contributed by atoms with Crippen molar-refractivity contribution in [2.45, 2.75) is 27.7 Å². The number of rotatable bonds is 4. The molecule has 0 unspecified atom stereocenters. The van der Waals surface area contributed by atoms with Gasteiger partial charge in [-0.25, -0.2) is 0 Å². The van der Waals surface area contributed by atoms with Crippen LogP contribution >= 0.6 is 46.0 Å². The van der Waals surface area contributed by atoms with Crippen LogP contribution in [0.15, 0.2) is 0 Å². The van der Waals surface area contributed by atoms with Crippen molar-refractivity contribution in [3.63, 3.8) is 0 Å². The van der Waals surface area contributed by atoms with Crippen molar-refractivity contribution < 1.29 is 22.4 Å². The normalized spacial score (nSPS) is 9.41. The Kier molecular flexibility index (Phi) is 14.8. The predicted octanol–water partition coefficient (Wildman–Crippen LogP) is 3.62. The summed E-state index contributed by atoms with van der Waals surface area (Å²) in [6.07, 6.45) is 0. The zero-order valence-corrected chi connectivity index (χ0v) is 16.1. The van der Waals surface area contributed by atoms with E-state index in [1.165, 1.54) is 0 Å². The van der Waals surface area contributed by atoms with Gasteiger partial charge in [-0.1, -0.05) is 24.4 Å². The van der Waals surface area contributed by atoms with Crippen molar-refractivity contribution in [2.24, 2.45) is 0 Å². The van der Waals surface area contributed by atoms with Gasteiger partial charge in [-0.15, -0.1) is 0 Å². The standard InChI is InChI=1S/C10H20N2S4.Au/c1-5-11(6-2)9(13)15-16-10(14)12(7-3)8-4;/h5-8H2,1-4H3;. The second-order valence-corrected chi connectivity index (χ2v) is 6.44. The van der Waals surface area contributed by atoms with Crippen LogP contribution in [0.2, 0.25) is 0 Å². The van der Waals surface area contributed by atoms with E-state index < -0.39 is 0 Å². The van der Waals surface area contributed by atoms with E-state index in [9.17, 15) is 0 Å². The van der Waals surface area contributed by atoms with Crippen molar-refractivity contribution in [1.82, 2.24) is 9.80 Å². The van der Waals surface area contributed by atoms with E-state index in [0.29, 0.717) is 0 Å². The van der Waals surface area contributed by atoms with Crippen molar-refractivity contribution in [1.29, 1.82) is 0 Å². The molecule has 0 aromatic heterocycles. The summed E-state index contributed by atoms with van der Waals surface area (Å²) in [5.74, 6) is 0. The predicted molar refractivity (Wildman–Crippen MR) is 86.2 cm³/mol. The first kappa shape index (κ1) is 20.5. The van der Waals surface area contributed by atoms with Crippen LogP contribution in [0.25, 0.3) is 0 Å². The molecule has 0 amide bonds. The first-order chi connectivity index (χ1) is 7.60. The number of thiocarbonyl (C=S) groups is 2. The number of hydrogen-bond donors (Lipinski definition) is 0. The van der Waals surface area contributed by atoms with E-state index in [1.54, 1.807) is 21.6 Å². The summed E-state index contributed by atoms with van der Waals surface area (Å²) in [7, 11) is 3.18. The molecule has 0 N–H and O–H groups in total. The van der Waals surface area contributed by atoms with Gasteiger partial charge in [0.25, 0.3) is 0 Å². The van der Waals surface area contributed by atoms with E-state index in [2.05, 4.69) is 37.5 Å². The third kappa shape index (κ3) is 8.08. The molecule has 0 aliphatic heterocycles. The first-order valence-corrected chi connectivity index (χ1v) is 8.49. The molecule has 0 heterocycles. The maximum atomic E-state index is 5.34. The fraction of sp³-hybridized carbons (Fsp3) is 0.800. The van der Waals surface area contributed by atoms with E-state index >= 15 is 0 Å². The molecule has 0 saturated heterocycles. The Morgan fingerprint density at radius 1 is 0.765 bits per heavy atom. The summed E-state index contributed by atoms with van der Waals surface area (Å²) in [5, 5.41) is 0. The van der Waals surface area contributed by atoms with E-state index in [4.69, 9.17) is 24.4 Å². The average Bonchev–Trinajstić information content (AvgIpc) is 2.29. The molecule has 2 nitrogen and oxygen atoms in total. The molecule has 0 rings (SSSR count). The van der Waals surface area contributed by atoms with Gasteiger partial charge in [0.05, 0.1) is 0 Å². The molecule has 0 saturated carbocycles. The summed E-state index contributed by atoms with van der Waals surface area (Å²) in [6.45, 7) is 12.3. The number of hydrogen-bond acceptors (Lipinski definition) is 4. The van der Waals surface area contributed by atoms with Crippen LogP contribution in [-0.4, -0.2) is 44.6 Å². The molecule has 0 fully saturated rings. The molecule has 0 aromatic carbocycles. The fourth-order valence-corrected chi connectivity index (χ4v) is 4.20. The monoisotopic (exact) mass is 493 g/mol. The molecule has 1 radical (unpaired) electrons. The van der Waals surface area contributed by atoms with Gasteiger partial charge >= 0.3 is 0 Å². The fourth-order valence-electron chi connectivity index (χ4n) is 1.14.